The Morgan fingerprint density at radius 2 is 2.21 bits per heavy atom. The molecule has 2 rings (SSSR count). The third-order valence-corrected chi connectivity index (χ3v) is 4.50. The number of rotatable bonds is 5. The molecule has 1 aliphatic rings. The Balaban J connectivity index is 1.78. The molecule has 1 unspecified atom stereocenters. The fourth-order valence-electron chi connectivity index (χ4n) is 2.67. The minimum absolute atomic E-state index is 0.360. The van der Waals surface area contributed by atoms with Crippen molar-refractivity contribution in [1.29, 1.82) is 0 Å². The molecule has 4 heteroatoms. The topological polar surface area (TPSA) is 33.9 Å². The Bertz CT molecular complexity index is 399. The van der Waals surface area contributed by atoms with Crippen molar-refractivity contribution in [1.82, 2.24) is 0 Å². The summed E-state index contributed by atoms with van der Waals surface area (Å²) in [6.45, 7) is 4.59. The molecule has 1 saturated heterocycles. The first-order chi connectivity index (χ1) is 9.16. The van der Waals surface area contributed by atoms with E-state index in [1.807, 2.05) is 24.3 Å². The van der Waals surface area contributed by atoms with Crippen LogP contribution in [-0.4, -0.2) is 36.9 Å². The van der Waals surface area contributed by atoms with Crippen LogP contribution >= 0.6 is 15.9 Å². The standard InChI is InChI=1S/C15H22BrNO2/c1-12-6-4-5-9-17(12)10-13(18)11-19-15-8-3-2-7-14(15)16/h2-3,7-8,12-13,18H,4-6,9-11H2,1H3/p+1/t12-,13+/m1/s1. The smallest absolute Gasteiger partial charge is 0.137 e. The Morgan fingerprint density at radius 1 is 1.42 bits per heavy atom. The minimum atomic E-state index is -0.400. The first-order valence-corrected chi connectivity index (χ1v) is 7.86. The van der Waals surface area contributed by atoms with Gasteiger partial charge in [0.2, 0.25) is 0 Å². The number of benzene rings is 1. The number of hydrogen-bond donors (Lipinski definition) is 2. The van der Waals surface area contributed by atoms with Gasteiger partial charge >= 0.3 is 0 Å². The first kappa shape index (κ1) is 14.8. The van der Waals surface area contributed by atoms with Crippen LogP contribution in [0.2, 0.25) is 0 Å². The number of ether oxygens (including phenoxy) is 1. The van der Waals surface area contributed by atoms with Crippen molar-refractivity contribution in [2.45, 2.75) is 38.3 Å². The van der Waals surface area contributed by atoms with Gasteiger partial charge < -0.3 is 14.7 Å². The Morgan fingerprint density at radius 3 is 2.95 bits per heavy atom. The highest BCUT2D eigenvalue weighted by Crippen LogP contribution is 2.23. The lowest BCUT2D eigenvalue weighted by atomic mass is 10.0. The third-order valence-electron chi connectivity index (χ3n) is 3.85. The summed E-state index contributed by atoms with van der Waals surface area (Å²) >= 11 is 3.44. The van der Waals surface area contributed by atoms with Gasteiger partial charge in [0.15, 0.2) is 0 Å². The molecule has 1 aromatic rings. The van der Waals surface area contributed by atoms with E-state index in [0.717, 1.165) is 16.8 Å². The molecule has 3 atom stereocenters. The summed E-state index contributed by atoms with van der Waals surface area (Å²) in [4.78, 5) is 1.51. The average molecular weight is 329 g/mol. The van der Waals surface area contributed by atoms with E-state index < -0.39 is 6.10 Å². The number of nitrogens with one attached hydrogen (secondary N) is 1. The lowest BCUT2D eigenvalue weighted by Crippen LogP contribution is -3.17. The molecule has 1 heterocycles. The zero-order valence-corrected chi connectivity index (χ0v) is 13.0. The number of aliphatic hydroxyl groups excluding tert-OH is 1. The van der Waals surface area contributed by atoms with Crippen LogP contribution in [0.1, 0.15) is 26.2 Å². The number of piperidine rings is 1. The molecule has 1 fully saturated rings. The number of quaternary nitrogens is 1. The van der Waals surface area contributed by atoms with E-state index >= 15 is 0 Å². The van der Waals surface area contributed by atoms with Crippen LogP contribution in [0.3, 0.4) is 0 Å². The van der Waals surface area contributed by atoms with Crippen LogP contribution in [0.25, 0.3) is 0 Å². The number of hydrogen-bond acceptors (Lipinski definition) is 2. The van der Waals surface area contributed by atoms with Gasteiger partial charge in [-0.15, -0.1) is 0 Å². The average Bonchev–Trinajstić information content (AvgIpc) is 2.40. The molecule has 0 radical (unpaired) electrons. The van der Waals surface area contributed by atoms with Gasteiger partial charge in [-0.3, -0.25) is 0 Å². The molecule has 1 aliphatic heterocycles. The highest BCUT2D eigenvalue weighted by molar-refractivity contribution is 9.10. The van der Waals surface area contributed by atoms with Gasteiger partial charge in [-0.25, -0.2) is 0 Å². The number of halogens is 1. The molecule has 0 spiro atoms. The maximum absolute atomic E-state index is 10.1. The second kappa shape index (κ2) is 7.27. The van der Waals surface area contributed by atoms with Gasteiger partial charge in [0.05, 0.1) is 17.1 Å². The van der Waals surface area contributed by atoms with E-state index in [4.69, 9.17) is 4.74 Å². The molecular formula is C15H23BrNO2+. The molecule has 0 amide bonds. The number of aliphatic hydroxyl groups is 1. The van der Waals surface area contributed by atoms with E-state index in [-0.39, 0.29) is 0 Å². The van der Waals surface area contributed by atoms with E-state index in [1.54, 1.807) is 0 Å². The molecule has 0 bridgehead atoms. The van der Waals surface area contributed by atoms with Crippen LogP contribution in [0.5, 0.6) is 5.75 Å². The van der Waals surface area contributed by atoms with Crippen molar-refractivity contribution in [2.24, 2.45) is 0 Å². The zero-order chi connectivity index (χ0) is 13.7. The first-order valence-electron chi connectivity index (χ1n) is 7.07. The van der Waals surface area contributed by atoms with E-state index in [9.17, 15) is 5.11 Å². The Labute approximate surface area is 123 Å². The SMILES string of the molecule is C[C@@H]1CCCC[NH+]1C[C@H](O)COc1ccccc1Br. The van der Waals surface area contributed by atoms with Gasteiger partial charge in [-0.2, -0.15) is 0 Å². The van der Waals surface area contributed by atoms with E-state index in [2.05, 4.69) is 22.9 Å². The molecular weight excluding hydrogens is 306 g/mol. The predicted molar refractivity (Wildman–Crippen MR) is 79.7 cm³/mol. The summed E-state index contributed by atoms with van der Waals surface area (Å²) in [5, 5.41) is 10.1. The van der Waals surface area contributed by atoms with Crippen molar-refractivity contribution >= 4 is 15.9 Å². The highest BCUT2D eigenvalue weighted by Gasteiger charge is 2.24. The maximum Gasteiger partial charge on any atom is 0.137 e. The zero-order valence-electron chi connectivity index (χ0n) is 11.4. The molecule has 3 nitrogen and oxygen atoms in total. The summed E-state index contributed by atoms with van der Waals surface area (Å²) in [5.41, 5.74) is 0. The van der Waals surface area contributed by atoms with Gasteiger partial charge in [0.1, 0.15) is 25.0 Å². The third kappa shape index (κ3) is 4.48. The molecule has 106 valence electrons. The second-order valence-electron chi connectivity index (χ2n) is 5.40. The van der Waals surface area contributed by atoms with Crippen LogP contribution in [0.4, 0.5) is 0 Å². The highest BCUT2D eigenvalue weighted by atomic mass is 79.9. The van der Waals surface area contributed by atoms with Crippen molar-refractivity contribution < 1.29 is 14.7 Å². The van der Waals surface area contributed by atoms with Crippen LogP contribution in [0.15, 0.2) is 28.7 Å². The fraction of sp³-hybridized carbons (Fsp3) is 0.600. The van der Waals surface area contributed by atoms with Crippen LogP contribution in [-0.2, 0) is 0 Å². The Hall–Kier alpha value is -0.580. The molecule has 0 aromatic heterocycles. The van der Waals surface area contributed by atoms with Gasteiger partial charge in [-0.05, 0) is 54.2 Å². The van der Waals surface area contributed by atoms with Crippen molar-refractivity contribution in [3.05, 3.63) is 28.7 Å². The number of para-hydroxylation sites is 1. The lowest BCUT2D eigenvalue weighted by molar-refractivity contribution is -0.931. The predicted octanol–water partition coefficient (Wildman–Crippen LogP) is 1.65. The normalized spacial score (nSPS) is 25.0. The summed E-state index contributed by atoms with van der Waals surface area (Å²) in [6, 6.07) is 8.40. The largest absolute Gasteiger partial charge is 0.489 e. The van der Waals surface area contributed by atoms with Crippen LogP contribution in [0, 0.1) is 0 Å². The van der Waals surface area contributed by atoms with Crippen LogP contribution < -0.4 is 9.64 Å². The van der Waals surface area contributed by atoms with E-state index in [1.165, 1.54) is 30.7 Å². The monoisotopic (exact) mass is 328 g/mol. The van der Waals surface area contributed by atoms with Crippen molar-refractivity contribution in [3.8, 4) is 5.75 Å². The molecule has 2 N–H and O–H groups in total. The molecule has 0 saturated carbocycles. The van der Waals surface area contributed by atoms with Gasteiger partial charge in [-0.1, -0.05) is 12.1 Å². The van der Waals surface area contributed by atoms with Gasteiger partial charge in [0, 0.05) is 0 Å². The second-order valence-corrected chi connectivity index (χ2v) is 6.26. The fourth-order valence-corrected chi connectivity index (χ4v) is 3.06. The van der Waals surface area contributed by atoms with Crippen molar-refractivity contribution in [2.75, 3.05) is 19.7 Å². The maximum atomic E-state index is 10.1. The summed E-state index contributed by atoms with van der Waals surface area (Å²) < 4.78 is 6.60. The number of likely N-dealkylation sites (tertiary alicyclic amines) is 1. The summed E-state index contributed by atoms with van der Waals surface area (Å²) in [5.74, 6) is 0.795. The van der Waals surface area contributed by atoms with Gasteiger partial charge in [0.25, 0.3) is 0 Å². The molecule has 19 heavy (non-hydrogen) atoms. The molecule has 1 aromatic carbocycles. The van der Waals surface area contributed by atoms with E-state index in [0.29, 0.717) is 12.6 Å². The minimum Gasteiger partial charge on any atom is -0.489 e. The molecule has 0 aliphatic carbocycles. The quantitative estimate of drug-likeness (QED) is 0.861. The summed E-state index contributed by atoms with van der Waals surface area (Å²) in [6.07, 6.45) is 3.47. The summed E-state index contributed by atoms with van der Waals surface area (Å²) in [7, 11) is 0. The van der Waals surface area contributed by atoms with Crippen molar-refractivity contribution in [3.63, 3.8) is 0 Å². The Kier molecular flexibility index (Phi) is 5.67. The lowest BCUT2D eigenvalue weighted by Gasteiger charge is -2.31.